The molecule has 0 spiro atoms. The Morgan fingerprint density at radius 2 is 1.88 bits per heavy atom. The van der Waals surface area contributed by atoms with Gasteiger partial charge in [-0.25, -0.2) is 4.79 Å². The summed E-state index contributed by atoms with van der Waals surface area (Å²) in [5, 5.41) is 12.3. The lowest BCUT2D eigenvalue weighted by molar-refractivity contribution is -0.151. The molecule has 0 unspecified atom stereocenters. The minimum absolute atomic E-state index is 0.118. The fraction of sp³-hybridized carbons (Fsp3) is 0.579. The number of rotatable bonds is 7. The first-order valence-electron chi connectivity index (χ1n) is 8.98. The van der Waals surface area contributed by atoms with Gasteiger partial charge in [0.15, 0.2) is 0 Å². The molecule has 1 saturated carbocycles. The van der Waals surface area contributed by atoms with Crippen LogP contribution >= 0.6 is 0 Å². The van der Waals surface area contributed by atoms with Gasteiger partial charge in [0.1, 0.15) is 6.61 Å². The Hall–Kier alpha value is -2.08. The molecule has 0 atom stereocenters. The number of carbonyl (C=O) groups is 2. The molecular formula is C19H26N2O4. The molecule has 0 bridgehead atoms. The molecule has 0 radical (unpaired) electrons. The smallest absolute Gasteiger partial charge is 0.407 e. The maximum absolute atomic E-state index is 11.9. The third-order valence-corrected chi connectivity index (χ3v) is 5.26. The topological polar surface area (TPSA) is 78.9 Å². The Bertz CT molecular complexity index is 593. The lowest BCUT2D eigenvalue weighted by atomic mass is 9.78. The van der Waals surface area contributed by atoms with Gasteiger partial charge in [-0.15, -0.1) is 0 Å². The first kappa shape index (κ1) is 17.7. The van der Waals surface area contributed by atoms with Gasteiger partial charge in [-0.05, 0) is 50.3 Å². The van der Waals surface area contributed by atoms with Gasteiger partial charge in [0.05, 0.1) is 5.41 Å². The van der Waals surface area contributed by atoms with E-state index in [0.29, 0.717) is 12.8 Å². The van der Waals surface area contributed by atoms with Crippen molar-refractivity contribution in [3.8, 4) is 0 Å². The largest absolute Gasteiger partial charge is 0.481 e. The van der Waals surface area contributed by atoms with Gasteiger partial charge in [-0.3, -0.25) is 4.79 Å². The quantitative estimate of drug-likeness (QED) is 0.793. The van der Waals surface area contributed by atoms with Crippen molar-refractivity contribution >= 4 is 12.1 Å². The van der Waals surface area contributed by atoms with Crippen molar-refractivity contribution in [2.24, 2.45) is 11.3 Å². The first-order chi connectivity index (χ1) is 12.1. The summed E-state index contributed by atoms with van der Waals surface area (Å²) in [7, 11) is 0. The molecule has 2 fully saturated rings. The van der Waals surface area contributed by atoms with Crippen LogP contribution in [0.4, 0.5) is 4.79 Å². The number of piperidine rings is 1. The lowest BCUT2D eigenvalue weighted by Gasteiger charge is -2.38. The Balaban J connectivity index is 1.45. The maximum atomic E-state index is 11.9. The number of carboxylic acid groups (broad SMARTS) is 1. The number of hydrogen-bond acceptors (Lipinski definition) is 4. The number of carboxylic acids is 1. The van der Waals surface area contributed by atoms with E-state index in [1.54, 1.807) is 0 Å². The van der Waals surface area contributed by atoms with E-state index in [1.165, 1.54) is 12.8 Å². The van der Waals surface area contributed by atoms with Gasteiger partial charge in [-0.2, -0.15) is 0 Å². The normalized spacial score (nSPS) is 20.0. The minimum Gasteiger partial charge on any atom is -0.481 e. The molecule has 1 saturated heterocycles. The van der Waals surface area contributed by atoms with Crippen LogP contribution in [-0.2, 0) is 16.1 Å². The lowest BCUT2D eigenvalue weighted by Crippen LogP contribution is -2.50. The number of likely N-dealkylation sites (tertiary alicyclic amines) is 1. The van der Waals surface area contributed by atoms with E-state index in [0.717, 1.165) is 31.1 Å². The van der Waals surface area contributed by atoms with Crippen LogP contribution in [-0.4, -0.2) is 48.2 Å². The summed E-state index contributed by atoms with van der Waals surface area (Å²) in [5.74, 6) is -0.0228. The first-order valence-corrected chi connectivity index (χ1v) is 8.98. The zero-order chi connectivity index (χ0) is 17.7. The van der Waals surface area contributed by atoms with Gasteiger partial charge in [0, 0.05) is 13.1 Å². The summed E-state index contributed by atoms with van der Waals surface area (Å²) in [6.07, 6.45) is 3.16. The van der Waals surface area contributed by atoms with Crippen LogP contribution < -0.4 is 5.32 Å². The molecule has 2 aliphatic rings. The second kappa shape index (κ2) is 7.87. The third kappa shape index (κ3) is 4.95. The predicted molar refractivity (Wildman–Crippen MR) is 93.1 cm³/mol. The van der Waals surface area contributed by atoms with Crippen molar-refractivity contribution < 1.29 is 19.4 Å². The predicted octanol–water partition coefficient (Wildman–Crippen LogP) is 2.49. The molecule has 1 aliphatic carbocycles. The molecule has 6 heteroatoms. The SMILES string of the molecule is O=C(NCC1(C(=O)O)CCN(CC2CC2)CC1)OCc1ccccc1. The number of benzene rings is 1. The van der Waals surface area contributed by atoms with Crippen LogP contribution in [0, 0.1) is 11.3 Å². The minimum atomic E-state index is -0.883. The number of alkyl carbamates (subject to hydrolysis) is 1. The molecule has 6 nitrogen and oxygen atoms in total. The Morgan fingerprint density at radius 3 is 2.48 bits per heavy atom. The van der Waals surface area contributed by atoms with E-state index >= 15 is 0 Å². The average Bonchev–Trinajstić information content (AvgIpc) is 3.44. The second-order valence-corrected chi connectivity index (χ2v) is 7.24. The number of amides is 1. The van der Waals surface area contributed by atoms with Crippen LogP contribution in [0.1, 0.15) is 31.2 Å². The van der Waals surface area contributed by atoms with Crippen LogP contribution in [0.5, 0.6) is 0 Å². The molecule has 1 aromatic carbocycles. The van der Waals surface area contributed by atoms with Gasteiger partial charge in [-0.1, -0.05) is 30.3 Å². The average molecular weight is 346 g/mol. The molecule has 25 heavy (non-hydrogen) atoms. The molecular weight excluding hydrogens is 320 g/mol. The summed E-state index contributed by atoms with van der Waals surface area (Å²) in [4.78, 5) is 26.1. The van der Waals surface area contributed by atoms with Crippen molar-refractivity contribution in [3.05, 3.63) is 35.9 Å². The third-order valence-electron chi connectivity index (χ3n) is 5.26. The van der Waals surface area contributed by atoms with Crippen LogP contribution in [0.15, 0.2) is 30.3 Å². The molecule has 1 aromatic rings. The summed E-state index contributed by atoms with van der Waals surface area (Å²) in [6, 6.07) is 9.41. The summed E-state index contributed by atoms with van der Waals surface area (Å²) >= 11 is 0. The highest BCUT2D eigenvalue weighted by Crippen LogP contribution is 2.35. The number of carbonyl (C=O) groups excluding carboxylic acids is 1. The van der Waals surface area contributed by atoms with Gasteiger partial charge < -0.3 is 20.1 Å². The number of nitrogens with one attached hydrogen (secondary N) is 1. The Kier molecular flexibility index (Phi) is 5.58. The number of aliphatic carboxylic acids is 1. The molecule has 0 aromatic heterocycles. The van der Waals surface area contributed by atoms with Crippen molar-refractivity contribution in [2.75, 3.05) is 26.2 Å². The second-order valence-electron chi connectivity index (χ2n) is 7.24. The highest BCUT2D eigenvalue weighted by molar-refractivity contribution is 5.76. The summed E-state index contributed by atoms with van der Waals surface area (Å²) in [5.41, 5.74) is 0.0187. The number of nitrogens with zero attached hydrogens (tertiary/aromatic N) is 1. The summed E-state index contributed by atoms with van der Waals surface area (Å²) < 4.78 is 5.17. The molecule has 136 valence electrons. The fourth-order valence-electron chi connectivity index (χ4n) is 3.31. The van der Waals surface area contributed by atoms with Gasteiger partial charge >= 0.3 is 12.1 Å². The monoisotopic (exact) mass is 346 g/mol. The van der Waals surface area contributed by atoms with Crippen molar-refractivity contribution in [2.45, 2.75) is 32.3 Å². The molecule has 1 aliphatic heterocycles. The molecule has 3 rings (SSSR count). The highest BCUT2D eigenvalue weighted by atomic mass is 16.5. The van der Waals surface area contributed by atoms with Crippen LogP contribution in [0.3, 0.4) is 0 Å². The van der Waals surface area contributed by atoms with E-state index in [1.807, 2.05) is 30.3 Å². The van der Waals surface area contributed by atoms with E-state index in [-0.39, 0.29) is 13.2 Å². The van der Waals surface area contributed by atoms with E-state index < -0.39 is 17.5 Å². The van der Waals surface area contributed by atoms with Crippen molar-refractivity contribution in [1.82, 2.24) is 10.2 Å². The van der Waals surface area contributed by atoms with E-state index in [2.05, 4.69) is 10.2 Å². The Morgan fingerprint density at radius 1 is 1.20 bits per heavy atom. The number of ether oxygens (including phenoxy) is 1. The fourth-order valence-corrected chi connectivity index (χ4v) is 3.31. The van der Waals surface area contributed by atoms with Crippen LogP contribution in [0.2, 0.25) is 0 Å². The Labute approximate surface area is 148 Å². The van der Waals surface area contributed by atoms with E-state index in [9.17, 15) is 14.7 Å². The summed E-state index contributed by atoms with van der Waals surface area (Å²) in [6.45, 7) is 2.95. The molecule has 2 N–H and O–H groups in total. The zero-order valence-electron chi connectivity index (χ0n) is 14.4. The van der Waals surface area contributed by atoms with Crippen LogP contribution in [0.25, 0.3) is 0 Å². The standard InChI is InChI=1S/C19H26N2O4/c22-17(23)19(8-10-21(11-9-19)12-15-6-7-15)14-20-18(24)25-13-16-4-2-1-3-5-16/h1-5,15H,6-14H2,(H,20,24)(H,22,23). The zero-order valence-corrected chi connectivity index (χ0v) is 14.4. The van der Waals surface area contributed by atoms with Crippen molar-refractivity contribution in [1.29, 1.82) is 0 Å². The number of hydrogen-bond donors (Lipinski definition) is 2. The van der Waals surface area contributed by atoms with E-state index in [4.69, 9.17) is 4.74 Å². The van der Waals surface area contributed by atoms with Crippen molar-refractivity contribution in [3.63, 3.8) is 0 Å². The van der Waals surface area contributed by atoms with Gasteiger partial charge in [0.25, 0.3) is 0 Å². The highest BCUT2D eigenvalue weighted by Gasteiger charge is 2.42. The molecule has 1 amide bonds. The van der Waals surface area contributed by atoms with Gasteiger partial charge in [0.2, 0.25) is 0 Å². The maximum Gasteiger partial charge on any atom is 0.407 e. The molecule has 1 heterocycles.